The highest BCUT2D eigenvalue weighted by Gasteiger charge is 2.07. The van der Waals surface area contributed by atoms with Crippen molar-refractivity contribution in [1.29, 1.82) is 0 Å². The van der Waals surface area contributed by atoms with Gasteiger partial charge in [0.2, 0.25) is 0 Å². The summed E-state index contributed by atoms with van der Waals surface area (Å²) in [6.07, 6.45) is 12.0. The number of hydrogen-bond acceptors (Lipinski definition) is 1. The maximum absolute atomic E-state index is 4.76. The molecule has 0 fully saturated rings. The van der Waals surface area contributed by atoms with Crippen LogP contribution >= 0.6 is 0 Å². The summed E-state index contributed by atoms with van der Waals surface area (Å²) in [7, 11) is 0. The maximum Gasteiger partial charge on any atom is 0.0394 e. The van der Waals surface area contributed by atoms with Crippen molar-refractivity contribution in [3.8, 4) is 0 Å². The maximum atomic E-state index is 4.76. The van der Waals surface area contributed by atoms with Gasteiger partial charge >= 0.3 is 0 Å². The fourth-order valence-corrected chi connectivity index (χ4v) is 2.44. The minimum atomic E-state index is 1.19. The highest BCUT2D eigenvalue weighted by atomic mass is 14.8. The topological polar surface area (TPSA) is 12.4 Å². The normalized spacial score (nSPS) is 23.9. The summed E-state index contributed by atoms with van der Waals surface area (Å²) >= 11 is 0. The predicted octanol–water partition coefficient (Wildman–Crippen LogP) is 5.27. The van der Waals surface area contributed by atoms with Crippen LogP contribution in [0.25, 0.3) is 0 Å². The van der Waals surface area contributed by atoms with Crippen molar-refractivity contribution in [3.63, 3.8) is 0 Å². The van der Waals surface area contributed by atoms with Gasteiger partial charge in [-0.25, -0.2) is 0 Å². The molecule has 16 heavy (non-hydrogen) atoms. The first kappa shape index (κ1) is 13.5. The first-order chi connectivity index (χ1) is 7.74. The van der Waals surface area contributed by atoms with Crippen molar-refractivity contribution < 1.29 is 0 Å². The predicted molar refractivity (Wildman–Crippen MR) is 73.0 cm³/mol. The molecule has 0 spiro atoms. The van der Waals surface area contributed by atoms with Crippen LogP contribution in [0.15, 0.2) is 16.3 Å². The zero-order chi connectivity index (χ0) is 11.8. The second kappa shape index (κ2) is 7.65. The van der Waals surface area contributed by atoms with Gasteiger partial charge in [0.05, 0.1) is 0 Å². The van der Waals surface area contributed by atoms with Gasteiger partial charge in [-0.15, -0.1) is 0 Å². The Labute approximate surface area is 101 Å². The van der Waals surface area contributed by atoms with Crippen molar-refractivity contribution in [2.45, 2.75) is 78.6 Å². The molecular weight excluding hydrogens is 194 g/mol. The lowest BCUT2D eigenvalue weighted by atomic mass is 9.96. The van der Waals surface area contributed by atoms with Crippen LogP contribution in [0.5, 0.6) is 0 Å². The van der Waals surface area contributed by atoms with Crippen LogP contribution in [0.4, 0.5) is 0 Å². The van der Waals surface area contributed by atoms with Crippen LogP contribution in [0.1, 0.15) is 78.6 Å². The molecule has 0 aromatic rings. The molecule has 1 heteroatoms. The zero-order valence-electron chi connectivity index (χ0n) is 11.3. The number of allylic oxidation sites excluding steroid dienone is 2. The van der Waals surface area contributed by atoms with Gasteiger partial charge in [0.25, 0.3) is 0 Å². The summed E-state index contributed by atoms with van der Waals surface area (Å²) in [5.74, 6) is 0. The third-order valence-corrected chi connectivity index (χ3v) is 3.34. The molecule has 0 bridgehead atoms. The van der Waals surface area contributed by atoms with Gasteiger partial charge in [0.15, 0.2) is 0 Å². The van der Waals surface area contributed by atoms with Gasteiger partial charge in [0.1, 0.15) is 0 Å². The molecule has 0 amide bonds. The van der Waals surface area contributed by atoms with Gasteiger partial charge in [-0.3, -0.25) is 4.99 Å². The van der Waals surface area contributed by atoms with Crippen molar-refractivity contribution in [2.75, 3.05) is 0 Å². The summed E-state index contributed by atoms with van der Waals surface area (Å²) in [6.45, 7) is 6.50. The third kappa shape index (κ3) is 4.96. The number of aliphatic imine (C=N–C) groups is 1. The van der Waals surface area contributed by atoms with E-state index >= 15 is 0 Å². The third-order valence-electron chi connectivity index (χ3n) is 3.34. The van der Waals surface area contributed by atoms with Crippen molar-refractivity contribution >= 4 is 5.71 Å². The Balaban J connectivity index is 2.79. The molecule has 0 aromatic heterocycles. The zero-order valence-corrected chi connectivity index (χ0v) is 11.3. The molecule has 0 unspecified atom stereocenters. The molecule has 92 valence electrons. The van der Waals surface area contributed by atoms with E-state index in [2.05, 4.69) is 20.8 Å². The quantitative estimate of drug-likeness (QED) is 0.564. The molecule has 0 saturated carbocycles. The van der Waals surface area contributed by atoms with Crippen LogP contribution in [0.2, 0.25) is 0 Å². The Morgan fingerprint density at radius 1 is 0.938 bits per heavy atom. The second-order valence-corrected chi connectivity index (χ2v) is 5.08. The van der Waals surface area contributed by atoms with Gasteiger partial charge in [0, 0.05) is 11.4 Å². The molecule has 1 aliphatic carbocycles. The fourth-order valence-electron chi connectivity index (χ4n) is 2.44. The molecule has 0 saturated heterocycles. The Morgan fingerprint density at radius 3 is 2.06 bits per heavy atom. The van der Waals surface area contributed by atoms with E-state index in [4.69, 9.17) is 4.99 Å². The van der Waals surface area contributed by atoms with Gasteiger partial charge in [-0.1, -0.05) is 32.6 Å². The van der Waals surface area contributed by atoms with E-state index in [0.29, 0.717) is 0 Å². The van der Waals surface area contributed by atoms with E-state index in [0.717, 1.165) is 0 Å². The molecule has 0 atom stereocenters. The smallest absolute Gasteiger partial charge is 0.0394 e. The highest BCUT2D eigenvalue weighted by molar-refractivity contribution is 5.80. The Bertz CT molecular complexity index is 257. The number of nitrogens with zero attached hydrogens (tertiary/aromatic N) is 1. The lowest BCUT2D eigenvalue weighted by Gasteiger charge is -2.13. The summed E-state index contributed by atoms with van der Waals surface area (Å²) in [6, 6.07) is 0. The lowest BCUT2D eigenvalue weighted by molar-refractivity contribution is 0.572. The minimum Gasteiger partial charge on any atom is -0.263 e. The van der Waals surface area contributed by atoms with E-state index < -0.39 is 0 Å². The first-order valence-corrected chi connectivity index (χ1v) is 6.96. The van der Waals surface area contributed by atoms with Gasteiger partial charge in [-0.2, -0.15) is 0 Å². The van der Waals surface area contributed by atoms with E-state index in [1.165, 1.54) is 69.2 Å². The van der Waals surface area contributed by atoms with E-state index in [9.17, 15) is 0 Å². The molecule has 0 aliphatic heterocycles. The largest absolute Gasteiger partial charge is 0.263 e. The number of rotatable bonds is 2. The standard InChI is InChI=1S/C15H27N/c1-4-14-11-9-7-5-6-8-10-12-15(14)16-13(2)3/h4-12H2,1-3H3/b15-14+. The molecular formula is C15H27N. The van der Waals surface area contributed by atoms with E-state index in [1.807, 2.05) is 0 Å². The average Bonchev–Trinajstić information content (AvgIpc) is 2.26. The molecule has 0 N–H and O–H groups in total. The van der Waals surface area contributed by atoms with Crippen LogP contribution in [0.3, 0.4) is 0 Å². The summed E-state index contributed by atoms with van der Waals surface area (Å²) in [5.41, 5.74) is 4.23. The average molecular weight is 221 g/mol. The fraction of sp³-hybridized carbons (Fsp3) is 0.800. The second-order valence-electron chi connectivity index (χ2n) is 5.08. The van der Waals surface area contributed by atoms with Crippen LogP contribution in [0, 0.1) is 0 Å². The van der Waals surface area contributed by atoms with Crippen molar-refractivity contribution in [1.82, 2.24) is 0 Å². The van der Waals surface area contributed by atoms with Crippen LogP contribution in [-0.4, -0.2) is 5.71 Å². The minimum absolute atomic E-state index is 1.19. The number of hydrogen-bond donors (Lipinski definition) is 0. The molecule has 0 heterocycles. The molecule has 1 nitrogen and oxygen atoms in total. The first-order valence-electron chi connectivity index (χ1n) is 6.96. The monoisotopic (exact) mass is 221 g/mol. The SMILES string of the molecule is CC/C1=C(\N=C(C)C)CCCCCCCC1. The molecule has 1 rings (SSSR count). The Hall–Kier alpha value is -0.590. The van der Waals surface area contributed by atoms with E-state index in [-0.39, 0.29) is 0 Å². The Kier molecular flexibility index (Phi) is 6.44. The lowest BCUT2D eigenvalue weighted by Crippen LogP contribution is -1.96. The van der Waals surface area contributed by atoms with Gasteiger partial charge < -0.3 is 0 Å². The summed E-state index contributed by atoms with van der Waals surface area (Å²) in [4.78, 5) is 4.76. The van der Waals surface area contributed by atoms with Crippen molar-refractivity contribution in [3.05, 3.63) is 11.3 Å². The summed E-state index contributed by atoms with van der Waals surface area (Å²) in [5, 5.41) is 0. The van der Waals surface area contributed by atoms with Gasteiger partial charge in [-0.05, 0) is 51.5 Å². The molecule has 0 radical (unpaired) electrons. The van der Waals surface area contributed by atoms with Crippen LogP contribution < -0.4 is 0 Å². The molecule has 1 aliphatic rings. The van der Waals surface area contributed by atoms with E-state index in [1.54, 1.807) is 5.57 Å². The van der Waals surface area contributed by atoms with Crippen LogP contribution in [-0.2, 0) is 0 Å². The Morgan fingerprint density at radius 2 is 1.50 bits per heavy atom. The van der Waals surface area contributed by atoms with Crippen molar-refractivity contribution in [2.24, 2.45) is 4.99 Å². The summed E-state index contributed by atoms with van der Waals surface area (Å²) < 4.78 is 0. The highest BCUT2D eigenvalue weighted by Crippen LogP contribution is 2.25. The molecule has 0 aromatic carbocycles.